The fraction of sp³-hybridized carbons (Fsp3) is 0.412. The van der Waals surface area contributed by atoms with Crippen LogP contribution in [0.2, 0.25) is 5.02 Å². The van der Waals surface area contributed by atoms with Crippen LogP contribution in [0.5, 0.6) is 0 Å². The Bertz CT molecular complexity index is 762. The van der Waals surface area contributed by atoms with Crippen molar-refractivity contribution in [3.8, 4) is 0 Å². The number of halogens is 1. The highest BCUT2D eigenvalue weighted by atomic mass is 35.5. The van der Waals surface area contributed by atoms with Gasteiger partial charge in [-0.25, -0.2) is 0 Å². The average Bonchev–Trinajstić information content (AvgIpc) is 3.31. The molecule has 2 aliphatic rings. The molecule has 0 unspecified atom stereocenters. The van der Waals surface area contributed by atoms with Crippen molar-refractivity contribution in [2.75, 3.05) is 11.9 Å². The molecular formula is C17H18ClN3O. The maximum Gasteiger partial charge on any atom is 0.280 e. The van der Waals surface area contributed by atoms with Gasteiger partial charge in [-0.05, 0) is 50.2 Å². The second-order valence-corrected chi connectivity index (χ2v) is 6.54. The molecule has 4 nitrogen and oxygen atoms in total. The zero-order valence-corrected chi connectivity index (χ0v) is 13.3. The summed E-state index contributed by atoms with van der Waals surface area (Å²) >= 11 is 6.36. The van der Waals surface area contributed by atoms with Crippen molar-refractivity contribution < 1.29 is 4.79 Å². The molecule has 0 bridgehead atoms. The van der Waals surface area contributed by atoms with Crippen LogP contribution >= 0.6 is 11.6 Å². The van der Waals surface area contributed by atoms with E-state index in [2.05, 4.69) is 10.4 Å². The number of nitrogens with one attached hydrogen (secondary N) is 1. The zero-order valence-electron chi connectivity index (χ0n) is 12.5. The van der Waals surface area contributed by atoms with Crippen molar-refractivity contribution in [2.24, 2.45) is 0 Å². The quantitative estimate of drug-likeness (QED) is 0.917. The molecule has 1 N–H and O–H groups in total. The van der Waals surface area contributed by atoms with E-state index in [1.165, 1.54) is 0 Å². The van der Waals surface area contributed by atoms with Gasteiger partial charge in [-0.2, -0.15) is 9.78 Å². The molecule has 1 aromatic heterocycles. The lowest BCUT2D eigenvalue weighted by Crippen LogP contribution is -2.21. The van der Waals surface area contributed by atoms with E-state index in [1.54, 1.807) is 10.7 Å². The summed E-state index contributed by atoms with van der Waals surface area (Å²) in [6, 6.07) is 5.75. The zero-order chi connectivity index (χ0) is 15.3. The third kappa shape index (κ3) is 2.13. The van der Waals surface area contributed by atoms with E-state index in [0.29, 0.717) is 16.5 Å². The first-order valence-electron chi connectivity index (χ1n) is 7.82. The second kappa shape index (κ2) is 5.13. The van der Waals surface area contributed by atoms with Crippen LogP contribution in [0.4, 0.5) is 5.69 Å². The van der Waals surface area contributed by atoms with Gasteiger partial charge < -0.3 is 5.32 Å². The summed E-state index contributed by atoms with van der Waals surface area (Å²) in [5.41, 5.74) is 4.57. The number of aromatic nitrogens is 2. The largest absolute Gasteiger partial charge is 0.382 e. The Morgan fingerprint density at radius 2 is 2.23 bits per heavy atom. The predicted molar refractivity (Wildman–Crippen MR) is 86.9 cm³/mol. The van der Waals surface area contributed by atoms with Gasteiger partial charge in [-0.3, -0.25) is 4.79 Å². The third-order valence-corrected chi connectivity index (χ3v) is 4.83. The van der Waals surface area contributed by atoms with Gasteiger partial charge in [0.25, 0.3) is 5.91 Å². The Labute approximate surface area is 134 Å². The number of benzene rings is 1. The summed E-state index contributed by atoms with van der Waals surface area (Å²) in [7, 11) is 0. The molecule has 2 heterocycles. The minimum Gasteiger partial charge on any atom is -0.382 e. The monoisotopic (exact) mass is 315 g/mol. The van der Waals surface area contributed by atoms with Gasteiger partial charge >= 0.3 is 0 Å². The van der Waals surface area contributed by atoms with Crippen molar-refractivity contribution in [1.82, 2.24) is 9.78 Å². The van der Waals surface area contributed by atoms with E-state index in [0.717, 1.165) is 54.9 Å². The molecule has 1 saturated carbocycles. The lowest BCUT2D eigenvalue weighted by Gasteiger charge is -2.16. The van der Waals surface area contributed by atoms with Crippen molar-refractivity contribution in [3.63, 3.8) is 0 Å². The number of hydrogen-bond acceptors (Lipinski definition) is 3. The smallest absolute Gasteiger partial charge is 0.280 e. The molecule has 1 fully saturated rings. The number of anilines is 1. The molecule has 5 heteroatoms. The highest BCUT2D eigenvalue weighted by molar-refractivity contribution is 6.34. The third-order valence-electron chi connectivity index (χ3n) is 4.52. The summed E-state index contributed by atoms with van der Waals surface area (Å²) in [5, 5.41) is 8.36. The molecule has 0 saturated heterocycles. The summed E-state index contributed by atoms with van der Waals surface area (Å²) < 4.78 is 1.56. The van der Waals surface area contributed by atoms with E-state index < -0.39 is 0 Å². The number of carbonyl (C=O) groups excluding carboxylic acids is 1. The van der Waals surface area contributed by atoms with E-state index in [-0.39, 0.29) is 5.91 Å². The topological polar surface area (TPSA) is 46.9 Å². The normalized spacial score (nSPS) is 17.0. The van der Waals surface area contributed by atoms with Crippen molar-refractivity contribution in [2.45, 2.75) is 38.5 Å². The molecule has 22 heavy (non-hydrogen) atoms. The molecule has 1 aliphatic heterocycles. The first-order valence-corrected chi connectivity index (χ1v) is 8.20. The Morgan fingerprint density at radius 3 is 3.00 bits per heavy atom. The average molecular weight is 316 g/mol. The highest BCUT2D eigenvalue weighted by Crippen LogP contribution is 2.43. The lowest BCUT2D eigenvalue weighted by atomic mass is 10.0. The van der Waals surface area contributed by atoms with Gasteiger partial charge in [0.1, 0.15) is 0 Å². The van der Waals surface area contributed by atoms with Gasteiger partial charge in [0.2, 0.25) is 0 Å². The molecule has 4 rings (SSSR count). The van der Waals surface area contributed by atoms with E-state index in [1.807, 2.05) is 19.1 Å². The van der Waals surface area contributed by atoms with Crippen molar-refractivity contribution >= 4 is 23.2 Å². The standard InChI is InChI=1S/C17H18ClN3O/c1-10-16-14(6-3-9-19-16)21(20-10)17(22)15-12(11-7-8-11)4-2-5-13(15)18/h2,4-5,11,19H,3,6-9H2,1H3. The summed E-state index contributed by atoms with van der Waals surface area (Å²) in [5.74, 6) is 0.379. The van der Waals surface area contributed by atoms with Crippen LogP contribution in [0.1, 0.15) is 52.5 Å². The van der Waals surface area contributed by atoms with Gasteiger partial charge in [0.05, 0.1) is 27.7 Å². The number of carbonyl (C=O) groups is 1. The molecule has 0 radical (unpaired) electrons. The van der Waals surface area contributed by atoms with Crippen LogP contribution in [0.15, 0.2) is 18.2 Å². The van der Waals surface area contributed by atoms with Gasteiger partial charge in [0, 0.05) is 6.54 Å². The molecular weight excluding hydrogens is 298 g/mol. The molecule has 1 aromatic carbocycles. The van der Waals surface area contributed by atoms with Crippen molar-refractivity contribution in [1.29, 1.82) is 0 Å². The van der Waals surface area contributed by atoms with E-state index >= 15 is 0 Å². The Kier molecular flexibility index (Phi) is 3.22. The van der Waals surface area contributed by atoms with E-state index in [9.17, 15) is 4.79 Å². The molecule has 1 aliphatic carbocycles. The predicted octanol–water partition coefficient (Wildman–Crippen LogP) is 3.77. The maximum atomic E-state index is 13.1. The molecule has 0 spiro atoms. The fourth-order valence-electron chi connectivity index (χ4n) is 3.28. The van der Waals surface area contributed by atoms with Gasteiger partial charge in [-0.15, -0.1) is 0 Å². The number of hydrogen-bond donors (Lipinski definition) is 1. The molecule has 0 atom stereocenters. The maximum absolute atomic E-state index is 13.1. The number of nitrogens with zero attached hydrogens (tertiary/aromatic N) is 2. The van der Waals surface area contributed by atoms with Crippen LogP contribution in [0.3, 0.4) is 0 Å². The molecule has 114 valence electrons. The minimum absolute atomic E-state index is 0.0967. The number of fused-ring (bicyclic) bond motifs is 1. The van der Waals surface area contributed by atoms with E-state index in [4.69, 9.17) is 11.6 Å². The Balaban J connectivity index is 1.83. The number of rotatable bonds is 2. The van der Waals surface area contributed by atoms with Crippen LogP contribution in [0, 0.1) is 6.92 Å². The highest BCUT2D eigenvalue weighted by Gasteiger charge is 2.31. The van der Waals surface area contributed by atoms with Crippen LogP contribution in [-0.2, 0) is 6.42 Å². The molecule has 2 aromatic rings. The lowest BCUT2D eigenvalue weighted by molar-refractivity contribution is 0.0940. The van der Waals surface area contributed by atoms with Gasteiger partial charge in [0.15, 0.2) is 0 Å². The van der Waals surface area contributed by atoms with Crippen molar-refractivity contribution in [3.05, 3.63) is 45.7 Å². The summed E-state index contributed by atoms with van der Waals surface area (Å²) in [6.45, 7) is 2.88. The summed E-state index contributed by atoms with van der Waals surface area (Å²) in [6.07, 6.45) is 4.17. The minimum atomic E-state index is -0.0967. The second-order valence-electron chi connectivity index (χ2n) is 6.13. The first kappa shape index (κ1) is 13.8. The van der Waals surface area contributed by atoms with Crippen LogP contribution in [0.25, 0.3) is 0 Å². The van der Waals surface area contributed by atoms with Crippen LogP contribution < -0.4 is 5.32 Å². The SMILES string of the molecule is Cc1nn(C(=O)c2c(Cl)cccc2C2CC2)c2c1NCCC2. The Morgan fingerprint density at radius 1 is 1.41 bits per heavy atom. The molecule has 0 amide bonds. The van der Waals surface area contributed by atoms with Crippen LogP contribution in [-0.4, -0.2) is 22.2 Å². The summed E-state index contributed by atoms with van der Waals surface area (Å²) in [4.78, 5) is 13.1. The number of aryl methyl sites for hydroxylation is 1. The Hall–Kier alpha value is -1.81. The van der Waals surface area contributed by atoms with Gasteiger partial charge in [-0.1, -0.05) is 23.7 Å². The fourth-order valence-corrected chi connectivity index (χ4v) is 3.54. The first-order chi connectivity index (χ1) is 10.7.